The van der Waals surface area contributed by atoms with Gasteiger partial charge in [-0.15, -0.1) is 13.2 Å². The van der Waals surface area contributed by atoms with E-state index in [9.17, 15) is 19.5 Å². The molecule has 0 aromatic heterocycles. The zero-order chi connectivity index (χ0) is 32.4. The van der Waals surface area contributed by atoms with Gasteiger partial charge < -0.3 is 24.5 Å². The maximum atomic E-state index is 14.9. The Hall–Kier alpha value is -3.75. The van der Waals surface area contributed by atoms with E-state index in [0.717, 1.165) is 5.56 Å². The summed E-state index contributed by atoms with van der Waals surface area (Å²) in [7, 11) is 0. The molecule has 8 heteroatoms. The molecule has 3 heterocycles. The van der Waals surface area contributed by atoms with Crippen molar-refractivity contribution in [1.82, 2.24) is 9.80 Å². The van der Waals surface area contributed by atoms with Gasteiger partial charge in [0, 0.05) is 25.3 Å². The molecule has 0 aliphatic carbocycles. The zero-order valence-electron chi connectivity index (χ0n) is 26.8. The Morgan fingerprint density at radius 3 is 2.24 bits per heavy atom. The topological polar surface area (TPSA) is 90.4 Å². The third-order valence-electron chi connectivity index (χ3n) is 9.99. The lowest BCUT2D eigenvalue weighted by molar-refractivity contribution is -0.156. The molecule has 3 fully saturated rings. The van der Waals surface area contributed by atoms with Crippen molar-refractivity contribution < 1.29 is 24.2 Å². The highest BCUT2D eigenvalue weighted by Gasteiger charge is 2.79. The number of hydrogen-bond acceptors (Lipinski definition) is 5. The first-order chi connectivity index (χ1) is 21.7. The van der Waals surface area contributed by atoms with Crippen molar-refractivity contribution in [2.24, 2.45) is 17.8 Å². The number of likely N-dealkylation sites (tertiary alicyclic amines) is 1. The van der Waals surface area contributed by atoms with E-state index in [-0.39, 0.29) is 43.3 Å². The number of carbonyl (C=O) groups excluding carboxylic acids is 3. The number of hydrogen-bond donors (Lipinski definition) is 1. The zero-order valence-corrected chi connectivity index (χ0v) is 26.8. The number of carbonyl (C=O) groups is 3. The maximum absolute atomic E-state index is 14.9. The molecule has 2 aromatic rings. The first-order valence-electron chi connectivity index (χ1n) is 16.2. The second kappa shape index (κ2) is 13.3. The van der Waals surface area contributed by atoms with Gasteiger partial charge in [-0.1, -0.05) is 81.5 Å². The van der Waals surface area contributed by atoms with Gasteiger partial charge in [0.15, 0.2) is 0 Å². The quantitative estimate of drug-likeness (QED) is 0.304. The molecule has 3 saturated heterocycles. The predicted molar refractivity (Wildman–Crippen MR) is 175 cm³/mol. The monoisotopic (exact) mass is 613 g/mol. The molecule has 0 radical (unpaired) electrons. The van der Waals surface area contributed by atoms with Crippen LogP contribution in [0.3, 0.4) is 0 Å². The van der Waals surface area contributed by atoms with Gasteiger partial charge in [0.05, 0.1) is 30.1 Å². The van der Waals surface area contributed by atoms with Gasteiger partial charge in [-0.3, -0.25) is 14.4 Å². The summed E-state index contributed by atoms with van der Waals surface area (Å²) in [4.78, 5) is 49.4. The summed E-state index contributed by atoms with van der Waals surface area (Å²) in [6, 6.07) is 17.6. The molecule has 1 N–H and O–H groups in total. The number of rotatable bonds is 14. The lowest BCUT2D eigenvalue weighted by Crippen LogP contribution is -2.59. The van der Waals surface area contributed by atoms with Crippen molar-refractivity contribution in [2.75, 3.05) is 24.6 Å². The molecule has 2 bridgehead atoms. The summed E-state index contributed by atoms with van der Waals surface area (Å²) >= 11 is 0. The number of benzene rings is 2. The van der Waals surface area contributed by atoms with E-state index < -0.39 is 35.1 Å². The van der Waals surface area contributed by atoms with Gasteiger partial charge in [-0.25, -0.2) is 0 Å². The molecule has 8 nitrogen and oxygen atoms in total. The standard InChI is InChI=1S/C37H47N3O5/c1-6-21-38(24-27-15-11-9-12-16-27)35(44)32-37-20-19-36(8-3,45-37)30(31(37)34(43)40(32)29(25-41)23-26(4)5)33(42)39(22-7-2)28-17-13-10-14-18-28/h6-7,9-18,26,29-32,41H,1-2,8,19-25H2,3-5H3/t29-,30+,31+,32?,36-,37?/m1/s1. The lowest BCUT2D eigenvalue weighted by Gasteiger charge is -2.40. The molecule has 5 rings (SSSR count). The fraction of sp³-hybridized carbons (Fsp3) is 0.486. The van der Waals surface area contributed by atoms with Crippen molar-refractivity contribution in [2.45, 2.75) is 76.3 Å². The van der Waals surface area contributed by atoms with Crippen LogP contribution in [0.5, 0.6) is 0 Å². The van der Waals surface area contributed by atoms with Crippen LogP contribution in [0.15, 0.2) is 86.0 Å². The number of para-hydroxylation sites is 1. The molecule has 3 aliphatic heterocycles. The van der Waals surface area contributed by atoms with Gasteiger partial charge in [-0.2, -0.15) is 0 Å². The lowest BCUT2D eigenvalue weighted by atomic mass is 9.64. The number of aliphatic hydroxyl groups is 1. The van der Waals surface area contributed by atoms with Crippen LogP contribution < -0.4 is 4.90 Å². The summed E-state index contributed by atoms with van der Waals surface area (Å²) in [6.07, 6.45) is 5.46. The molecule has 3 amide bonds. The van der Waals surface area contributed by atoms with E-state index >= 15 is 0 Å². The van der Waals surface area contributed by atoms with Crippen molar-refractivity contribution in [3.8, 4) is 0 Å². The molecule has 6 atom stereocenters. The highest BCUT2D eigenvalue weighted by molar-refractivity contribution is 6.03. The van der Waals surface area contributed by atoms with Crippen molar-refractivity contribution in [3.05, 3.63) is 91.5 Å². The van der Waals surface area contributed by atoms with Crippen LogP contribution in [0.2, 0.25) is 0 Å². The van der Waals surface area contributed by atoms with E-state index in [0.29, 0.717) is 37.9 Å². The highest BCUT2D eigenvalue weighted by atomic mass is 16.5. The van der Waals surface area contributed by atoms with Crippen LogP contribution in [0.1, 0.15) is 52.0 Å². The van der Waals surface area contributed by atoms with Crippen LogP contribution in [0, 0.1) is 17.8 Å². The minimum atomic E-state index is -1.19. The number of amides is 3. The van der Waals surface area contributed by atoms with Crippen LogP contribution in [-0.4, -0.2) is 75.6 Å². The van der Waals surface area contributed by atoms with Crippen molar-refractivity contribution in [1.29, 1.82) is 0 Å². The number of ether oxygens (including phenoxy) is 1. The average Bonchev–Trinajstić information content (AvgIpc) is 3.66. The molecule has 240 valence electrons. The van der Waals surface area contributed by atoms with Gasteiger partial charge in [0.25, 0.3) is 0 Å². The summed E-state index contributed by atoms with van der Waals surface area (Å²) in [5.74, 6) is -2.21. The summed E-state index contributed by atoms with van der Waals surface area (Å²) in [6.45, 7) is 14.5. The van der Waals surface area contributed by atoms with Gasteiger partial charge in [-0.05, 0) is 49.3 Å². The van der Waals surface area contributed by atoms with E-state index in [2.05, 4.69) is 13.2 Å². The molecular weight excluding hydrogens is 566 g/mol. The van der Waals surface area contributed by atoms with Gasteiger partial charge in [0.1, 0.15) is 11.6 Å². The SMILES string of the molecule is C=CCN(Cc1ccccc1)C(=O)C1N([C@@H](CO)CC(C)C)C(=O)[C@@H]2[C@@H](C(=O)N(CC=C)c3ccccc3)[C@@]3(CC)CCC12O3. The Labute approximate surface area is 267 Å². The van der Waals surface area contributed by atoms with Crippen LogP contribution in [0.4, 0.5) is 5.69 Å². The number of fused-ring (bicyclic) bond motifs is 1. The molecule has 3 aliphatic rings. The van der Waals surface area contributed by atoms with Crippen LogP contribution in [0.25, 0.3) is 0 Å². The number of anilines is 1. The fourth-order valence-electron chi connectivity index (χ4n) is 8.12. The van der Waals surface area contributed by atoms with E-state index in [1.54, 1.807) is 26.9 Å². The Kier molecular flexibility index (Phi) is 9.65. The van der Waals surface area contributed by atoms with E-state index in [1.807, 2.05) is 81.4 Å². The Balaban J connectivity index is 1.63. The molecule has 0 saturated carbocycles. The summed E-state index contributed by atoms with van der Waals surface area (Å²) in [5.41, 5.74) is -0.405. The third-order valence-corrected chi connectivity index (χ3v) is 9.99. The Morgan fingerprint density at radius 1 is 1.02 bits per heavy atom. The second-order valence-electron chi connectivity index (χ2n) is 13.1. The smallest absolute Gasteiger partial charge is 0.249 e. The molecular formula is C37H47N3O5. The minimum Gasteiger partial charge on any atom is -0.394 e. The highest BCUT2D eigenvalue weighted by Crippen LogP contribution is 2.65. The molecule has 45 heavy (non-hydrogen) atoms. The normalized spacial score (nSPS) is 27.4. The number of nitrogens with zero attached hydrogens (tertiary/aromatic N) is 3. The number of aliphatic hydroxyl groups excluding tert-OH is 1. The van der Waals surface area contributed by atoms with Gasteiger partial charge in [0.2, 0.25) is 17.7 Å². The molecule has 2 aromatic carbocycles. The summed E-state index contributed by atoms with van der Waals surface area (Å²) in [5, 5.41) is 10.7. The van der Waals surface area contributed by atoms with Crippen LogP contribution >= 0.6 is 0 Å². The van der Waals surface area contributed by atoms with Gasteiger partial charge >= 0.3 is 0 Å². The molecule has 2 unspecified atom stereocenters. The largest absolute Gasteiger partial charge is 0.394 e. The minimum absolute atomic E-state index is 0.162. The molecule has 1 spiro atoms. The summed E-state index contributed by atoms with van der Waals surface area (Å²) < 4.78 is 7.04. The maximum Gasteiger partial charge on any atom is 0.249 e. The van der Waals surface area contributed by atoms with E-state index in [4.69, 9.17) is 4.74 Å². The van der Waals surface area contributed by atoms with Crippen LogP contribution in [-0.2, 0) is 25.7 Å². The first-order valence-corrected chi connectivity index (χ1v) is 16.2. The predicted octanol–water partition coefficient (Wildman–Crippen LogP) is 4.98. The fourth-order valence-corrected chi connectivity index (χ4v) is 8.12. The Morgan fingerprint density at radius 2 is 1.67 bits per heavy atom. The third kappa shape index (κ3) is 5.63. The van der Waals surface area contributed by atoms with E-state index in [1.165, 1.54) is 0 Å². The second-order valence-corrected chi connectivity index (χ2v) is 13.1. The Bertz CT molecular complexity index is 1400. The van der Waals surface area contributed by atoms with Crippen molar-refractivity contribution >= 4 is 23.4 Å². The first kappa shape index (κ1) is 32.6. The average molecular weight is 614 g/mol. The van der Waals surface area contributed by atoms with Crippen molar-refractivity contribution in [3.63, 3.8) is 0 Å².